The van der Waals surface area contributed by atoms with Crippen molar-refractivity contribution in [3.63, 3.8) is 0 Å². The Morgan fingerprint density at radius 1 is 1.50 bits per heavy atom. The van der Waals surface area contributed by atoms with Crippen molar-refractivity contribution in [1.29, 1.82) is 0 Å². The van der Waals surface area contributed by atoms with E-state index in [9.17, 15) is 9.59 Å². The average molecular weight is 325 g/mol. The van der Waals surface area contributed by atoms with Crippen LogP contribution in [0.2, 0.25) is 0 Å². The summed E-state index contributed by atoms with van der Waals surface area (Å²) < 4.78 is 10.4. The van der Waals surface area contributed by atoms with Gasteiger partial charge in [0.1, 0.15) is 6.04 Å². The van der Waals surface area contributed by atoms with E-state index in [4.69, 9.17) is 9.47 Å². The fourth-order valence-corrected chi connectivity index (χ4v) is 2.70. The minimum atomic E-state index is -0.673. The topological polar surface area (TPSA) is 80.8 Å². The Balaban J connectivity index is 2.47. The largest absolute Gasteiger partial charge is 0.481 e. The van der Waals surface area contributed by atoms with Crippen LogP contribution in [0.25, 0.3) is 0 Å². The van der Waals surface area contributed by atoms with Gasteiger partial charge in [-0.05, 0) is 26.2 Å². The normalized spacial score (nSPS) is 17.0. The smallest absolute Gasteiger partial charge is 0.416 e. The maximum Gasteiger partial charge on any atom is 0.416 e. The van der Waals surface area contributed by atoms with E-state index in [1.807, 2.05) is 6.26 Å². The number of fused-ring (bicyclic) bond motifs is 1. The zero-order valence-corrected chi connectivity index (χ0v) is 13.8. The van der Waals surface area contributed by atoms with Gasteiger partial charge < -0.3 is 14.8 Å². The Bertz CT molecular complexity index is 579. The van der Waals surface area contributed by atoms with Gasteiger partial charge in [0, 0.05) is 11.8 Å². The highest BCUT2D eigenvalue weighted by Gasteiger charge is 2.39. The zero-order chi connectivity index (χ0) is 16.3. The summed E-state index contributed by atoms with van der Waals surface area (Å²) in [7, 11) is 1.49. The van der Waals surface area contributed by atoms with Crippen LogP contribution in [-0.4, -0.2) is 48.2 Å². The Kier molecular flexibility index (Phi) is 5.12. The van der Waals surface area contributed by atoms with Gasteiger partial charge in [0.05, 0.1) is 18.9 Å². The van der Waals surface area contributed by atoms with Crippen molar-refractivity contribution in [2.24, 2.45) is 0 Å². The highest BCUT2D eigenvalue weighted by Crippen LogP contribution is 2.33. The SMILES string of the molecule is COc1ccc2c(n1)N(C(=O)OC(C)C)C(CSC)C(=O)N2. The van der Waals surface area contributed by atoms with Crippen molar-refractivity contribution < 1.29 is 19.1 Å². The molecule has 0 spiro atoms. The van der Waals surface area contributed by atoms with E-state index in [1.54, 1.807) is 26.0 Å². The van der Waals surface area contributed by atoms with Crippen LogP contribution in [0.1, 0.15) is 13.8 Å². The first kappa shape index (κ1) is 16.4. The number of methoxy groups -OCH3 is 1. The summed E-state index contributed by atoms with van der Waals surface area (Å²) in [5, 5.41) is 2.76. The molecule has 2 heterocycles. The first-order chi connectivity index (χ1) is 10.5. The summed E-state index contributed by atoms with van der Waals surface area (Å²) >= 11 is 1.47. The molecule has 1 unspecified atom stereocenters. The van der Waals surface area contributed by atoms with E-state index >= 15 is 0 Å². The standard InChI is InChI=1S/C14H19N3O4S/c1-8(2)21-14(19)17-10(7-22-4)13(18)15-9-5-6-11(20-3)16-12(9)17/h5-6,8,10H,7H2,1-4H3,(H,15,18). The van der Waals surface area contributed by atoms with Crippen LogP contribution < -0.4 is 15.0 Å². The zero-order valence-electron chi connectivity index (χ0n) is 13.0. The van der Waals surface area contributed by atoms with Crippen LogP contribution in [0.4, 0.5) is 16.3 Å². The van der Waals surface area contributed by atoms with Gasteiger partial charge in [-0.15, -0.1) is 0 Å². The molecule has 0 radical (unpaired) electrons. The number of amides is 2. The van der Waals surface area contributed by atoms with Crippen LogP contribution in [0.15, 0.2) is 12.1 Å². The predicted octanol–water partition coefficient (Wildman–Crippen LogP) is 2.13. The molecule has 1 N–H and O–H groups in total. The second-order valence-corrected chi connectivity index (χ2v) is 5.90. The lowest BCUT2D eigenvalue weighted by molar-refractivity contribution is -0.117. The van der Waals surface area contributed by atoms with Crippen LogP contribution >= 0.6 is 11.8 Å². The minimum Gasteiger partial charge on any atom is -0.481 e. The monoisotopic (exact) mass is 325 g/mol. The number of carbonyl (C=O) groups excluding carboxylic acids is 2. The molecule has 0 aromatic carbocycles. The van der Waals surface area contributed by atoms with Crippen molar-refractivity contribution >= 4 is 35.3 Å². The third kappa shape index (κ3) is 3.27. The van der Waals surface area contributed by atoms with Gasteiger partial charge in [-0.2, -0.15) is 16.7 Å². The highest BCUT2D eigenvalue weighted by molar-refractivity contribution is 7.98. The lowest BCUT2D eigenvalue weighted by Gasteiger charge is -2.34. The number of hydrogen-bond donors (Lipinski definition) is 1. The molecule has 0 bridgehead atoms. The summed E-state index contributed by atoms with van der Waals surface area (Å²) in [4.78, 5) is 30.3. The molecular formula is C14H19N3O4S. The van der Waals surface area contributed by atoms with Crippen LogP contribution in [0.3, 0.4) is 0 Å². The number of pyridine rings is 1. The van der Waals surface area contributed by atoms with Gasteiger partial charge in [-0.1, -0.05) is 0 Å². The van der Waals surface area contributed by atoms with E-state index in [1.165, 1.54) is 23.8 Å². The molecule has 120 valence electrons. The van der Waals surface area contributed by atoms with Crippen molar-refractivity contribution in [3.8, 4) is 5.88 Å². The van der Waals surface area contributed by atoms with Gasteiger partial charge in [-0.25, -0.2) is 9.69 Å². The number of hydrogen-bond acceptors (Lipinski definition) is 6. The van der Waals surface area contributed by atoms with E-state index in [0.717, 1.165) is 0 Å². The minimum absolute atomic E-state index is 0.255. The summed E-state index contributed by atoms with van der Waals surface area (Å²) in [5.41, 5.74) is 0.462. The van der Waals surface area contributed by atoms with Gasteiger partial charge in [0.25, 0.3) is 0 Å². The average Bonchev–Trinajstić information content (AvgIpc) is 2.46. The fraction of sp³-hybridized carbons (Fsp3) is 0.500. The van der Waals surface area contributed by atoms with Crippen LogP contribution in [0.5, 0.6) is 5.88 Å². The summed E-state index contributed by atoms with van der Waals surface area (Å²) in [5.74, 6) is 0.885. The summed E-state index contributed by atoms with van der Waals surface area (Å²) in [6.45, 7) is 3.51. The lowest BCUT2D eigenvalue weighted by Crippen LogP contribution is -2.53. The molecule has 2 rings (SSSR count). The third-order valence-corrected chi connectivity index (χ3v) is 3.67. The van der Waals surface area contributed by atoms with E-state index in [2.05, 4.69) is 10.3 Å². The maximum atomic E-state index is 12.4. The van der Waals surface area contributed by atoms with E-state index in [-0.39, 0.29) is 12.0 Å². The third-order valence-electron chi connectivity index (χ3n) is 3.02. The molecular weight excluding hydrogens is 306 g/mol. The molecule has 0 fully saturated rings. The molecule has 1 aliphatic heterocycles. The number of nitrogens with one attached hydrogen (secondary N) is 1. The fourth-order valence-electron chi connectivity index (χ4n) is 2.09. The maximum absolute atomic E-state index is 12.4. The van der Waals surface area contributed by atoms with E-state index in [0.29, 0.717) is 23.1 Å². The lowest BCUT2D eigenvalue weighted by atomic mass is 10.2. The summed E-state index contributed by atoms with van der Waals surface area (Å²) in [6, 6.07) is 2.61. The number of nitrogens with zero attached hydrogens (tertiary/aromatic N) is 2. The Labute approximate surface area is 133 Å². The van der Waals surface area contributed by atoms with Gasteiger partial charge >= 0.3 is 6.09 Å². The summed E-state index contributed by atoms with van der Waals surface area (Å²) in [6.07, 6.45) is 0.987. The van der Waals surface area contributed by atoms with Crippen molar-refractivity contribution in [2.75, 3.05) is 29.3 Å². The molecule has 7 nitrogen and oxygen atoms in total. The number of carbonyl (C=O) groups is 2. The number of ether oxygens (including phenoxy) is 2. The molecule has 1 atom stereocenters. The molecule has 0 aliphatic carbocycles. The number of thioether (sulfide) groups is 1. The Hall–Kier alpha value is -1.96. The van der Waals surface area contributed by atoms with Gasteiger partial charge in [0.15, 0.2) is 5.82 Å². The van der Waals surface area contributed by atoms with E-state index < -0.39 is 12.1 Å². The first-order valence-electron chi connectivity index (χ1n) is 6.82. The Morgan fingerprint density at radius 2 is 2.23 bits per heavy atom. The number of rotatable bonds is 4. The van der Waals surface area contributed by atoms with Gasteiger partial charge in [0.2, 0.25) is 11.8 Å². The molecule has 1 aliphatic rings. The highest BCUT2D eigenvalue weighted by atomic mass is 32.2. The number of aromatic nitrogens is 1. The molecule has 22 heavy (non-hydrogen) atoms. The predicted molar refractivity (Wildman–Crippen MR) is 85.7 cm³/mol. The molecule has 1 aromatic heterocycles. The van der Waals surface area contributed by atoms with Gasteiger partial charge in [-0.3, -0.25) is 4.79 Å². The molecule has 2 amide bonds. The second-order valence-electron chi connectivity index (χ2n) is 4.99. The van der Waals surface area contributed by atoms with Crippen molar-refractivity contribution in [1.82, 2.24) is 4.98 Å². The van der Waals surface area contributed by atoms with Crippen LogP contribution in [-0.2, 0) is 9.53 Å². The number of anilines is 2. The van der Waals surface area contributed by atoms with Crippen molar-refractivity contribution in [3.05, 3.63) is 12.1 Å². The first-order valence-corrected chi connectivity index (χ1v) is 8.22. The van der Waals surface area contributed by atoms with Crippen molar-refractivity contribution in [2.45, 2.75) is 26.0 Å². The second kappa shape index (κ2) is 6.87. The molecule has 8 heteroatoms. The molecule has 1 aromatic rings. The molecule has 0 saturated carbocycles. The quantitative estimate of drug-likeness (QED) is 0.913. The molecule has 0 saturated heterocycles. The Morgan fingerprint density at radius 3 is 2.82 bits per heavy atom. The van der Waals surface area contributed by atoms with Crippen LogP contribution in [0, 0.1) is 0 Å².